The molecule has 8 aromatic rings. The molecule has 8 rings (SSSR count). The van der Waals surface area contributed by atoms with Crippen LogP contribution in [0.2, 0.25) is 0 Å². The highest BCUT2D eigenvalue weighted by Gasteiger charge is 2.27. The zero-order valence-corrected chi connectivity index (χ0v) is 76.7. The molecule has 104 heavy (non-hydrogen) atoms. The molecular formula is C86H130N6O5P4S3. The van der Waals surface area contributed by atoms with Crippen molar-refractivity contribution in [1.82, 2.24) is 0 Å². The highest BCUT2D eigenvalue weighted by atomic mass is 32.1. The van der Waals surface area contributed by atoms with Gasteiger partial charge in [0.2, 0.25) is 23.5 Å². The summed E-state index contributed by atoms with van der Waals surface area (Å²) in [6, 6.07) is 0. The van der Waals surface area contributed by atoms with Gasteiger partial charge in [-0.05, 0) is 321 Å². The molecule has 0 fully saturated rings. The van der Waals surface area contributed by atoms with Crippen LogP contribution in [0.25, 0.3) is 22.3 Å². The fourth-order valence-electron chi connectivity index (χ4n) is 10.9. The average Bonchev–Trinajstić information content (AvgIpc) is 1.65. The number of hydrogen-bond donors (Lipinski definition) is 0. The standard InChI is InChI=1S/C13H23PS.C12H22OP2.C12H16O.C11H17NS.C10H16NOP.C10H13NO.C10H13NS.C8H10N2O/c1-9-10(2)12(14(6,7)8)15-11(9)13(3,4)5;1-9-10(2)12(15(6,7)8)13-11(9)14(3,4)5;1-7(2)11-9(5)10(6)12(13-11)8(3)4;1-7-8(2)10(12-6)13-9(7)11(3,4)5;1-7-8(2)10(13(4,5)6)12-9(7)11-3;2*1-6(2)9-7(3)8(4)10(11-5)12-9;1-5-6(2)8(10-4)11-7(5)9-3/h6H2,1-5,7-8H3;3,6H2,1-2,4-5,7-8H3;1,3H2,2,4-6H3;6H2,1-5H3;3-4H2,1-2,5-6H3;2*1,5H2,2-4H3;3-4H2,1-2H3. The van der Waals surface area contributed by atoms with Gasteiger partial charge in [-0.1, -0.05) is 121 Å². The molecule has 0 aliphatic rings. The minimum absolute atomic E-state index is 0.225. The van der Waals surface area contributed by atoms with Crippen LogP contribution in [0.15, 0.2) is 78.4 Å². The highest BCUT2D eigenvalue weighted by molar-refractivity contribution is 7.84. The summed E-state index contributed by atoms with van der Waals surface area (Å²) < 4.78 is 29.5. The zero-order chi connectivity index (χ0) is 81.7. The number of thiophene rings is 3. The van der Waals surface area contributed by atoms with E-state index in [4.69, 9.17) is 22.1 Å². The lowest BCUT2D eigenvalue weighted by Gasteiger charge is -2.17. The Morgan fingerprint density at radius 2 is 0.567 bits per heavy atom. The molecule has 0 atom stereocenters. The number of aliphatic imine (C=N–C) groups is 6. The molecule has 8 heterocycles. The lowest BCUT2D eigenvalue weighted by molar-refractivity contribution is 0.536. The average molecular weight is 1550 g/mol. The van der Waals surface area contributed by atoms with E-state index < -0.39 is 27.5 Å². The number of hydrogen-bond acceptors (Lipinski definition) is 14. The highest BCUT2D eigenvalue weighted by Crippen LogP contribution is 2.46. The molecule has 8 aromatic heterocycles. The van der Waals surface area contributed by atoms with Gasteiger partial charge in [0.25, 0.3) is 0 Å². The molecule has 0 aliphatic carbocycles. The van der Waals surface area contributed by atoms with Crippen LogP contribution in [0.5, 0.6) is 0 Å². The topological polar surface area (TPSA) is 140 Å². The van der Waals surface area contributed by atoms with E-state index in [2.05, 4.69) is 293 Å². The number of allylic oxidation sites excluding steroid dienone is 4. The monoisotopic (exact) mass is 1550 g/mol. The summed E-state index contributed by atoms with van der Waals surface area (Å²) in [6.07, 6.45) is 17.0. The van der Waals surface area contributed by atoms with Gasteiger partial charge in [-0.3, -0.25) is 9.98 Å². The van der Waals surface area contributed by atoms with Crippen LogP contribution in [0.1, 0.15) is 190 Å². The Bertz CT molecular complexity index is 4540. The molecule has 0 saturated carbocycles. The first-order valence-corrected chi connectivity index (χ1v) is 48.1. The van der Waals surface area contributed by atoms with Crippen molar-refractivity contribution in [2.75, 3.05) is 53.3 Å². The second-order valence-corrected chi connectivity index (χ2v) is 49.6. The lowest BCUT2D eigenvalue weighted by Crippen LogP contribution is -2.10. The molecule has 11 nitrogen and oxygen atoms in total. The quantitative estimate of drug-likeness (QED) is 0.0788. The maximum atomic E-state index is 6.05. The molecule has 0 aromatic carbocycles. The Labute approximate surface area is 642 Å². The maximum absolute atomic E-state index is 6.05. The lowest BCUT2D eigenvalue weighted by atomic mass is 9.91. The van der Waals surface area contributed by atoms with Crippen LogP contribution in [0, 0.1) is 111 Å². The van der Waals surface area contributed by atoms with Crippen LogP contribution in [0.3, 0.4) is 0 Å². The van der Waals surface area contributed by atoms with Crippen LogP contribution in [-0.2, 0) is 10.8 Å². The predicted molar refractivity (Wildman–Crippen MR) is 496 cm³/mol. The smallest absolute Gasteiger partial charge is 0.224 e. The van der Waals surface area contributed by atoms with E-state index in [9.17, 15) is 0 Å². The van der Waals surface area contributed by atoms with Gasteiger partial charge in [0.15, 0.2) is 0 Å². The molecule has 0 unspecified atom stereocenters. The van der Waals surface area contributed by atoms with Crippen molar-refractivity contribution in [3.63, 3.8) is 0 Å². The summed E-state index contributed by atoms with van der Waals surface area (Å²) in [5, 5.41) is 2.09. The molecule has 572 valence electrons. The largest absolute Gasteiger partial charge is 0.457 e. The molecule has 0 N–H and O–H groups in total. The van der Waals surface area contributed by atoms with Gasteiger partial charge in [-0.25, -0.2) is 20.0 Å². The summed E-state index contributed by atoms with van der Waals surface area (Å²) in [4.78, 5) is 27.2. The second kappa shape index (κ2) is 38.5. The summed E-state index contributed by atoms with van der Waals surface area (Å²) in [6.45, 7) is 103. The third-order valence-electron chi connectivity index (χ3n) is 17.3. The first kappa shape index (κ1) is 95.7. The van der Waals surface area contributed by atoms with Crippen molar-refractivity contribution in [2.45, 2.75) is 191 Å². The Morgan fingerprint density at radius 1 is 0.288 bits per heavy atom. The number of nitrogens with zero attached hydrogens (tertiary/aromatic N) is 6. The summed E-state index contributed by atoms with van der Waals surface area (Å²) >= 11 is 5.42. The van der Waals surface area contributed by atoms with Crippen molar-refractivity contribution in [3.05, 3.63) is 147 Å². The fraction of sp³-hybridized carbons (Fsp3) is 0.419. The van der Waals surface area contributed by atoms with Gasteiger partial charge >= 0.3 is 0 Å². The van der Waals surface area contributed by atoms with Gasteiger partial charge in [0.1, 0.15) is 43.8 Å². The molecular weight excluding hydrogens is 1420 g/mol. The van der Waals surface area contributed by atoms with E-state index in [1.165, 1.54) is 75.8 Å². The van der Waals surface area contributed by atoms with Crippen molar-refractivity contribution < 1.29 is 22.1 Å². The molecule has 0 saturated heterocycles. The van der Waals surface area contributed by atoms with E-state index in [1.54, 1.807) is 27.3 Å². The maximum Gasteiger partial charge on any atom is 0.224 e. The molecule has 0 spiro atoms. The van der Waals surface area contributed by atoms with Gasteiger partial charge in [0.05, 0.1) is 0 Å². The van der Waals surface area contributed by atoms with E-state index in [-0.39, 0.29) is 10.8 Å². The molecule has 0 bridgehead atoms. The molecule has 0 amide bonds. The SMILES string of the molecule is C=C(C)c1oc(C(=C)C)c(C)c1C.C=Nc1oc(C(=C)C)c(C)c1C.C=Nc1oc(N=C)c(C)c1C.C=Nc1oc(P(=C)(C)C)c(C)c1C.C=Nc1sc(C(=C)C)c(C)c1C.C=Nc1sc(C(C)(C)C)c(C)c1C.C=P(C)(C)c1oc(P(=C)(C)C)c(C)c1C.C=P(C)(C)c1sc(C(C)(C)C)c(C)c1C. The van der Waals surface area contributed by atoms with Gasteiger partial charge < -0.3 is 22.1 Å². The minimum Gasteiger partial charge on any atom is -0.457 e. The number of furan rings is 5. The van der Waals surface area contributed by atoms with Crippen LogP contribution >= 0.6 is 61.6 Å². The third kappa shape index (κ3) is 24.9. The molecule has 18 heteroatoms. The first-order valence-electron chi connectivity index (χ1n) is 34.2. The Hall–Kier alpha value is -6.32. The number of rotatable bonds is 14. The zero-order valence-electron chi connectivity index (χ0n) is 70.6. The van der Waals surface area contributed by atoms with E-state index in [1.807, 2.05) is 73.7 Å². The van der Waals surface area contributed by atoms with E-state index in [0.717, 1.165) is 93.9 Å². The summed E-state index contributed by atoms with van der Waals surface area (Å²) in [5.74, 6) is 4.94. The fourth-order valence-corrected chi connectivity index (χ4v) is 20.9. The predicted octanol–water partition coefficient (Wildman–Crippen LogP) is 26.6. The third-order valence-corrected chi connectivity index (χ3v) is 29.9. The molecule has 0 aliphatic heterocycles. The van der Waals surface area contributed by atoms with Gasteiger partial charge in [-0.15, -0.1) is 34.0 Å². The van der Waals surface area contributed by atoms with Crippen molar-refractivity contribution in [1.29, 1.82) is 0 Å². The summed E-state index contributed by atoms with van der Waals surface area (Å²) in [7, 11) is 0. The Kier molecular flexibility index (Phi) is 35.4. The van der Waals surface area contributed by atoms with Gasteiger partial charge in [0, 0.05) is 52.6 Å². The Balaban J connectivity index is 0.000000595. The van der Waals surface area contributed by atoms with Crippen LogP contribution in [0.4, 0.5) is 33.5 Å². The van der Waals surface area contributed by atoms with Crippen molar-refractivity contribution in [2.24, 2.45) is 30.0 Å². The van der Waals surface area contributed by atoms with Crippen LogP contribution < -0.4 is 21.1 Å². The van der Waals surface area contributed by atoms with E-state index in [0.29, 0.717) is 23.5 Å². The van der Waals surface area contributed by atoms with Crippen molar-refractivity contribution >= 4 is 204 Å². The Morgan fingerprint density at radius 3 is 0.769 bits per heavy atom. The molecule has 0 radical (unpaired) electrons. The van der Waals surface area contributed by atoms with Crippen molar-refractivity contribution in [3.8, 4) is 0 Å². The van der Waals surface area contributed by atoms with Gasteiger partial charge in [-0.2, -0.15) is 0 Å². The first-order chi connectivity index (χ1) is 47.1. The normalized spacial score (nSPS) is 11.3. The minimum atomic E-state index is -1.33. The second-order valence-electron chi connectivity index (χ2n) is 31.2. The van der Waals surface area contributed by atoms with E-state index >= 15 is 0 Å². The van der Waals surface area contributed by atoms with Crippen LogP contribution in [-0.4, -0.2) is 119 Å². The summed E-state index contributed by atoms with van der Waals surface area (Å²) in [5.41, 5.74) is 27.1.